The van der Waals surface area contributed by atoms with Crippen LogP contribution in [0.4, 0.5) is 5.13 Å². The number of carboxylic acid groups (broad SMARTS) is 1. The van der Waals surface area contributed by atoms with Crippen LogP contribution in [0, 0.1) is 0 Å². The molecule has 2 N–H and O–H groups in total. The van der Waals surface area contributed by atoms with Crippen molar-refractivity contribution in [2.24, 2.45) is 0 Å². The Labute approximate surface area is 123 Å². The molecule has 0 aliphatic rings. The summed E-state index contributed by atoms with van der Waals surface area (Å²) in [4.78, 5) is 14.9. The average Bonchev–Trinajstić information content (AvgIpc) is 2.87. The number of hydrogen-bond donors (Lipinski definition) is 2. The number of thiazole rings is 1. The number of hydrogen-bond acceptors (Lipinski definition) is 5. The third-order valence-electron chi connectivity index (χ3n) is 3.43. The normalized spacial score (nSPS) is 11.5. The lowest BCUT2D eigenvalue weighted by Crippen LogP contribution is -2.31. The number of rotatable bonds is 9. The Balaban J connectivity index is 2.51. The van der Waals surface area contributed by atoms with Crippen molar-refractivity contribution in [3.63, 3.8) is 0 Å². The molecule has 0 fully saturated rings. The lowest BCUT2D eigenvalue weighted by Gasteiger charge is -2.29. The third kappa shape index (κ3) is 5.03. The maximum atomic E-state index is 10.5. The van der Waals surface area contributed by atoms with E-state index in [-0.39, 0.29) is 11.2 Å². The van der Waals surface area contributed by atoms with Crippen molar-refractivity contribution in [3.8, 4) is 0 Å². The molecule has 1 rings (SSSR count). The van der Waals surface area contributed by atoms with Crippen LogP contribution in [0.1, 0.15) is 38.8 Å². The third-order valence-corrected chi connectivity index (χ3v) is 5.87. The van der Waals surface area contributed by atoms with Gasteiger partial charge in [-0.15, -0.1) is 11.3 Å². The number of aryl methyl sites for hydroxylation is 1. The number of aromatic nitrogens is 1. The molecule has 0 amide bonds. The monoisotopic (exact) mass is 302 g/mol. The van der Waals surface area contributed by atoms with Crippen molar-refractivity contribution in [3.05, 3.63) is 11.1 Å². The summed E-state index contributed by atoms with van der Waals surface area (Å²) in [6.07, 6.45) is 5.03. The van der Waals surface area contributed by atoms with E-state index in [2.05, 4.69) is 30.4 Å². The molecular formula is C13H22N2O2S2. The molecule has 0 aliphatic carbocycles. The minimum Gasteiger partial charge on any atom is -0.481 e. The van der Waals surface area contributed by atoms with E-state index in [1.54, 1.807) is 11.3 Å². The van der Waals surface area contributed by atoms with E-state index in [1.807, 2.05) is 17.1 Å². The molecule has 19 heavy (non-hydrogen) atoms. The van der Waals surface area contributed by atoms with Gasteiger partial charge in [-0.1, -0.05) is 13.8 Å². The van der Waals surface area contributed by atoms with Crippen LogP contribution in [0.15, 0.2) is 5.38 Å². The summed E-state index contributed by atoms with van der Waals surface area (Å²) in [6.45, 7) is 5.32. The zero-order chi connectivity index (χ0) is 14.3. The van der Waals surface area contributed by atoms with Crippen molar-refractivity contribution in [2.45, 2.75) is 44.3 Å². The molecule has 1 aromatic heterocycles. The van der Waals surface area contributed by atoms with Gasteiger partial charge in [0, 0.05) is 23.1 Å². The Morgan fingerprint density at radius 2 is 2.21 bits per heavy atom. The van der Waals surface area contributed by atoms with E-state index in [9.17, 15) is 4.79 Å². The van der Waals surface area contributed by atoms with Gasteiger partial charge in [-0.3, -0.25) is 4.79 Å². The van der Waals surface area contributed by atoms with E-state index >= 15 is 0 Å². The highest BCUT2D eigenvalue weighted by Gasteiger charge is 2.24. The minimum atomic E-state index is -0.777. The van der Waals surface area contributed by atoms with Gasteiger partial charge in [0.15, 0.2) is 5.13 Å². The Kier molecular flexibility index (Phi) is 6.65. The summed E-state index contributed by atoms with van der Waals surface area (Å²) in [5.41, 5.74) is 0.859. The van der Waals surface area contributed by atoms with Crippen LogP contribution in [0.2, 0.25) is 0 Å². The molecule has 0 radical (unpaired) electrons. The molecule has 0 aromatic carbocycles. The second-order valence-corrected chi connectivity index (χ2v) is 6.62. The number of nitrogens with one attached hydrogen (secondary N) is 1. The summed E-state index contributed by atoms with van der Waals surface area (Å²) in [5.74, 6) is -0.777. The maximum absolute atomic E-state index is 10.5. The second kappa shape index (κ2) is 7.75. The fourth-order valence-corrected chi connectivity index (χ4v) is 3.37. The predicted molar refractivity (Wildman–Crippen MR) is 83.4 cm³/mol. The highest BCUT2D eigenvalue weighted by atomic mass is 32.2. The lowest BCUT2D eigenvalue weighted by molar-refractivity contribution is -0.136. The van der Waals surface area contributed by atoms with Gasteiger partial charge in [0.25, 0.3) is 0 Å². The first-order valence-electron chi connectivity index (χ1n) is 6.50. The van der Waals surface area contributed by atoms with Gasteiger partial charge >= 0.3 is 5.97 Å². The number of anilines is 1. The summed E-state index contributed by atoms with van der Waals surface area (Å²) in [7, 11) is 0. The van der Waals surface area contributed by atoms with Crippen LogP contribution in [-0.4, -0.2) is 33.6 Å². The molecule has 1 aromatic rings. The Morgan fingerprint density at radius 1 is 1.53 bits per heavy atom. The molecule has 1 heterocycles. The minimum absolute atomic E-state index is 0.141. The van der Waals surface area contributed by atoms with Crippen LogP contribution >= 0.6 is 23.1 Å². The van der Waals surface area contributed by atoms with Crippen molar-refractivity contribution >= 4 is 34.2 Å². The fourth-order valence-electron chi connectivity index (χ4n) is 1.84. The van der Waals surface area contributed by atoms with Gasteiger partial charge < -0.3 is 10.4 Å². The van der Waals surface area contributed by atoms with Crippen molar-refractivity contribution in [2.75, 3.05) is 18.1 Å². The number of thioether (sulfide) groups is 1. The Morgan fingerprint density at radius 3 is 2.74 bits per heavy atom. The van der Waals surface area contributed by atoms with E-state index in [1.165, 1.54) is 0 Å². The van der Waals surface area contributed by atoms with Gasteiger partial charge in [-0.05, 0) is 19.1 Å². The summed E-state index contributed by atoms with van der Waals surface area (Å²) in [5, 5.41) is 14.9. The SMILES string of the molecule is CCC(CC)(CNc1nc(CCC(=O)O)cs1)SC. The molecule has 0 bridgehead atoms. The molecule has 6 heteroatoms. The fraction of sp³-hybridized carbons (Fsp3) is 0.692. The molecular weight excluding hydrogens is 280 g/mol. The Bertz CT molecular complexity index is 395. The highest BCUT2D eigenvalue weighted by Crippen LogP contribution is 2.31. The standard InChI is InChI=1S/C13H22N2O2S2/c1-4-13(5-2,18-3)9-14-12-15-10(8-19-12)6-7-11(16)17/h8H,4-7,9H2,1-3H3,(H,14,15)(H,16,17). The van der Waals surface area contributed by atoms with Crippen LogP contribution < -0.4 is 5.32 Å². The van der Waals surface area contributed by atoms with Crippen molar-refractivity contribution < 1.29 is 9.90 Å². The van der Waals surface area contributed by atoms with Crippen molar-refractivity contribution in [1.29, 1.82) is 0 Å². The van der Waals surface area contributed by atoms with Gasteiger partial charge in [0.2, 0.25) is 0 Å². The van der Waals surface area contributed by atoms with Gasteiger partial charge in [0.05, 0.1) is 12.1 Å². The first-order chi connectivity index (χ1) is 9.05. The van der Waals surface area contributed by atoms with E-state index < -0.39 is 5.97 Å². The molecule has 0 atom stereocenters. The molecule has 0 spiro atoms. The van der Waals surface area contributed by atoms with E-state index in [4.69, 9.17) is 5.11 Å². The van der Waals surface area contributed by atoms with Crippen LogP contribution in [-0.2, 0) is 11.2 Å². The molecule has 108 valence electrons. The predicted octanol–water partition coefficient (Wildman–Crippen LogP) is 3.49. The first kappa shape index (κ1) is 16.3. The largest absolute Gasteiger partial charge is 0.481 e. The molecule has 0 aliphatic heterocycles. The summed E-state index contributed by atoms with van der Waals surface area (Å²) in [6, 6.07) is 0. The second-order valence-electron chi connectivity index (χ2n) is 4.49. The van der Waals surface area contributed by atoms with Crippen LogP contribution in [0.5, 0.6) is 0 Å². The van der Waals surface area contributed by atoms with Gasteiger partial charge in [-0.25, -0.2) is 4.98 Å². The zero-order valence-corrected chi connectivity index (χ0v) is 13.4. The quantitative estimate of drug-likeness (QED) is 0.731. The van der Waals surface area contributed by atoms with E-state index in [0.717, 1.165) is 30.2 Å². The van der Waals surface area contributed by atoms with Crippen LogP contribution in [0.3, 0.4) is 0 Å². The molecule has 0 saturated heterocycles. The first-order valence-corrected chi connectivity index (χ1v) is 8.61. The summed E-state index contributed by atoms with van der Waals surface area (Å²) < 4.78 is 0.257. The molecule has 0 saturated carbocycles. The number of aliphatic carboxylic acids is 1. The number of nitrogens with zero attached hydrogens (tertiary/aromatic N) is 1. The highest BCUT2D eigenvalue weighted by molar-refractivity contribution is 8.00. The lowest BCUT2D eigenvalue weighted by atomic mass is 10.0. The number of carbonyl (C=O) groups is 1. The topological polar surface area (TPSA) is 62.2 Å². The van der Waals surface area contributed by atoms with E-state index in [0.29, 0.717) is 6.42 Å². The van der Waals surface area contributed by atoms with Gasteiger partial charge in [-0.2, -0.15) is 11.8 Å². The maximum Gasteiger partial charge on any atom is 0.303 e. The number of carboxylic acids is 1. The smallest absolute Gasteiger partial charge is 0.303 e. The Hall–Kier alpha value is -0.750. The molecule has 0 unspecified atom stereocenters. The van der Waals surface area contributed by atoms with Crippen molar-refractivity contribution in [1.82, 2.24) is 4.98 Å². The van der Waals surface area contributed by atoms with Crippen LogP contribution in [0.25, 0.3) is 0 Å². The summed E-state index contributed by atoms with van der Waals surface area (Å²) >= 11 is 3.44. The zero-order valence-electron chi connectivity index (χ0n) is 11.7. The average molecular weight is 302 g/mol. The molecule has 4 nitrogen and oxygen atoms in total. The van der Waals surface area contributed by atoms with Gasteiger partial charge in [0.1, 0.15) is 0 Å².